The molecule has 184 valence electrons. The van der Waals surface area contributed by atoms with E-state index in [1.165, 1.54) is 5.56 Å². The first-order valence-corrected chi connectivity index (χ1v) is 11.8. The molecule has 36 heavy (non-hydrogen) atoms. The van der Waals surface area contributed by atoms with Crippen LogP contribution in [0.15, 0.2) is 72.9 Å². The summed E-state index contributed by atoms with van der Waals surface area (Å²) in [6.45, 7) is 0.573. The molecular formula is C27H28N6O3. The number of nitrogens with one attached hydrogen (secondary N) is 2. The summed E-state index contributed by atoms with van der Waals surface area (Å²) in [4.78, 5) is 36.7. The molecule has 0 aliphatic carbocycles. The molecule has 4 aromatic rings. The van der Waals surface area contributed by atoms with Crippen molar-refractivity contribution in [2.45, 2.75) is 31.7 Å². The Morgan fingerprint density at radius 3 is 2.44 bits per heavy atom. The third kappa shape index (κ3) is 6.83. The first-order chi connectivity index (χ1) is 17.5. The number of urea groups is 1. The molecule has 1 unspecified atom stereocenters. The molecule has 5 N–H and O–H groups in total. The van der Waals surface area contributed by atoms with E-state index in [0.717, 1.165) is 30.4 Å². The molecular weight excluding hydrogens is 456 g/mol. The molecule has 2 aromatic heterocycles. The van der Waals surface area contributed by atoms with Gasteiger partial charge in [-0.3, -0.25) is 15.1 Å². The summed E-state index contributed by atoms with van der Waals surface area (Å²) in [5.74, 6) is -0.652. The minimum Gasteiger partial charge on any atom is -0.480 e. The van der Waals surface area contributed by atoms with Crippen LogP contribution in [-0.4, -0.2) is 44.6 Å². The molecule has 0 aliphatic heterocycles. The monoisotopic (exact) mass is 484 g/mol. The first-order valence-electron chi connectivity index (χ1n) is 11.8. The van der Waals surface area contributed by atoms with Gasteiger partial charge in [0.25, 0.3) is 0 Å². The lowest BCUT2D eigenvalue weighted by molar-refractivity contribution is -0.138. The van der Waals surface area contributed by atoms with Crippen molar-refractivity contribution in [3.63, 3.8) is 0 Å². The first kappa shape index (κ1) is 24.7. The van der Waals surface area contributed by atoms with Crippen molar-refractivity contribution in [2.75, 3.05) is 11.9 Å². The SMILES string of the molecule is NC(Cc1ccc(-c2cnc3ccc(NC(=O)NCCCCc4ccccc4)nc3n2)cc1)C(=O)O. The zero-order valence-corrected chi connectivity index (χ0v) is 19.7. The van der Waals surface area contributed by atoms with Crippen LogP contribution in [0.25, 0.3) is 22.4 Å². The van der Waals surface area contributed by atoms with E-state index in [9.17, 15) is 9.59 Å². The number of carboxylic acid groups (broad SMARTS) is 1. The maximum absolute atomic E-state index is 12.3. The van der Waals surface area contributed by atoms with E-state index in [4.69, 9.17) is 10.8 Å². The molecule has 2 amide bonds. The van der Waals surface area contributed by atoms with Gasteiger partial charge < -0.3 is 16.2 Å². The van der Waals surface area contributed by atoms with E-state index < -0.39 is 12.0 Å². The highest BCUT2D eigenvalue weighted by atomic mass is 16.4. The Bertz CT molecular complexity index is 1330. The van der Waals surface area contributed by atoms with Crippen LogP contribution in [0.4, 0.5) is 10.6 Å². The van der Waals surface area contributed by atoms with Crippen LogP contribution in [0.5, 0.6) is 0 Å². The minimum atomic E-state index is -1.04. The number of aliphatic carboxylic acids is 1. The summed E-state index contributed by atoms with van der Waals surface area (Å²) in [7, 11) is 0. The van der Waals surface area contributed by atoms with E-state index in [2.05, 4.69) is 37.7 Å². The molecule has 4 rings (SSSR count). The van der Waals surface area contributed by atoms with Gasteiger partial charge in [-0.1, -0.05) is 54.6 Å². The Kier molecular flexibility index (Phi) is 8.15. The lowest BCUT2D eigenvalue weighted by atomic mass is 10.0. The zero-order valence-electron chi connectivity index (χ0n) is 19.7. The van der Waals surface area contributed by atoms with E-state index in [1.54, 1.807) is 18.3 Å². The molecule has 0 aliphatic rings. The standard InChI is InChI=1S/C27H28N6O3/c28-21(26(34)35)16-19-9-11-20(12-10-19)23-17-30-22-13-14-24(32-25(22)31-23)33-27(36)29-15-5-4-8-18-6-2-1-3-7-18/h1-3,6-7,9-14,17,21H,4-5,8,15-16,28H2,(H,34,35)(H2,29,31,32,33,36). The number of amides is 2. The topological polar surface area (TPSA) is 143 Å². The van der Waals surface area contributed by atoms with Gasteiger partial charge in [-0.2, -0.15) is 0 Å². The summed E-state index contributed by atoms with van der Waals surface area (Å²) in [5, 5.41) is 14.6. The van der Waals surface area contributed by atoms with E-state index in [0.29, 0.717) is 29.2 Å². The molecule has 9 nitrogen and oxygen atoms in total. The van der Waals surface area contributed by atoms with Crippen molar-refractivity contribution < 1.29 is 14.7 Å². The number of benzene rings is 2. The Labute approximate surface area is 208 Å². The number of carboxylic acids is 1. The predicted molar refractivity (Wildman–Crippen MR) is 138 cm³/mol. The third-order valence-corrected chi connectivity index (χ3v) is 5.69. The molecule has 2 aromatic carbocycles. The molecule has 0 radical (unpaired) electrons. The average Bonchev–Trinajstić information content (AvgIpc) is 2.89. The highest BCUT2D eigenvalue weighted by Gasteiger charge is 2.12. The maximum Gasteiger partial charge on any atom is 0.320 e. The van der Waals surface area contributed by atoms with Crippen LogP contribution >= 0.6 is 0 Å². The molecule has 0 fully saturated rings. The highest BCUT2D eigenvalue weighted by molar-refractivity contribution is 5.89. The van der Waals surface area contributed by atoms with Gasteiger partial charge in [-0.15, -0.1) is 0 Å². The zero-order chi connectivity index (χ0) is 25.3. The number of rotatable bonds is 10. The number of hydrogen-bond donors (Lipinski definition) is 4. The second-order valence-corrected chi connectivity index (χ2v) is 8.46. The molecule has 0 spiro atoms. The number of nitrogens with zero attached hydrogens (tertiary/aromatic N) is 3. The lowest BCUT2D eigenvalue weighted by Crippen LogP contribution is -2.32. The number of aromatic nitrogens is 3. The summed E-state index contributed by atoms with van der Waals surface area (Å²) >= 11 is 0. The fraction of sp³-hybridized carbons (Fsp3) is 0.222. The van der Waals surface area contributed by atoms with Crippen molar-refractivity contribution in [1.29, 1.82) is 0 Å². The Morgan fingerprint density at radius 1 is 0.917 bits per heavy atom. The van der Waals surface area contributed by atoms with Crippen LogP contribution in [0.2, 0.25) is 0 Å². The Morgan fingerprint density at radius 2 is 1.69 bits per heavy atom. The normalized spacial score (nSPS) is 11.7. The molecule has 0 saturated carbocycles. The van der Waals surface area contributed by atoms with Gasteiger partial charge >= 0.3 is 12.0 Å². The minimum absolute atomic E-state index is 0.241. The van der Waals surface area contributed by atoms with Crippen molar-refractivity contribution in [1.82, 2.24) is 20.3 Å². The second-order valence-electron chi connectivity index (χ2n) is 8.46. The van der Waals surface area contributed by atoms with Crippen LogP contribution in [0, 0.1) is 0 Å². The van der Waals surface area contributed by atoms with Crippen LogP contribution in [0.1, 0.15) is 24.0 Å². The van der Waals surface area contributed by atoms with Crippen molar-refractivity contribution in [3.8, 4) is 11.3 Å². The van der Waals surface area contributed by atoms with Gasteiger partial charge in [-0.25, -0.2) is 14.8 Å². The Hall–Kier alpha value is -4.37. The predicted octanol–water partition coefficient (Wildman–Crippen LogP) is 3.79. The van der Waals surface area contributed by atoms with Crippen molar-refractivity contribution in [2.24, 2.45) is 5.73 Å². The maximum atomic E-state index is 12.3. The number of carbonyl (C=O) groups excluding carboxylic acids is 1. The summed E-state index contributed by atoms with van der Waals surface area (Å²) in [6.07, 6.45) is 4.74. The number of pyridine rings is 1. The highest BCUT2D eigenvalue weighted by Crippen LogP contribution is 2.20. The second kappa shape index (κ2) is 11.9. The number of fused-ring (bicyclic) bond motifs is 1. The summed E-state index contributed by atoms with van der Waals surface area (Å²) < 4.78 is 0. The van der Waals surface area contributed by atoms with Crippen molar-refractivity contribution >= 4 is 29.0 Å². The quantitative estimate of drug-likeness (QED) is 0.251. The summed E-state index contributed by atoms with van der Waals surface area (Å²) in [6, 6.07) is 19.8. The largest absolute Gasteiger partial charge is 0.480 e. The third-order valence-electron chi connectivity index (χ3n) is 5.69. The van der Waals surface area contributed by atoms with Gasteiger partial charge in [0.2, 0.25) is 0 Å². The van der Waals surface area contributed by atoms with Gasteiger partial charge in [0.05, 0.1) is 11.9 Å². The van der Waals surface area contributed by atoms with Gasteiger partial charge in [0.1, 0.15) is 17.4 Å². The van der Waals surface area contributed by atoms with E-state index in [1.807, 2.05) is 42.5 Å². The number of nitrogens with two attached hydrogens (primary N) is 1. The van der Waals surface area contributed by atoms with Crippen LogP contribution in [0.3, 0.4) is 0 Å². The fourth-order valence-electron chi connectivity index (χ4n) is 3.72. The smallest absolute Gasteiger partial charge is 0.320 e. The van der Waals surface area contributed by atoms with Crippen molar-refractivity contribution in [3.05, 3.63) is 84.1 Å². The van der Waals surface area contributed by atoms with Gasteiger partial charge in [0, 0.05) is 12.1 Å². The number of hydrogen-bond acceptors (Lipinski definition) is 6. The Balaban J connectivity index is 1.33. The van der Waals surface area contributed by atoms with Gasteiger partial charge in [0.15, 0.2) is 5.65 Å². The summed E-state index contributed by atoms with van der Waals surface area (Å²) in [5.41, 5.74) is 10.2. The molecule has 0 saturated heterocycles. The average molecular weight is 485 g/mol. The molecule has 2 heterocycles. The van der Waals surface area contributed by atoms with Gasteiger partial charge in [-0.05, 0) is 48.9 Å². The van der Waals surface area contributed by atoms with Crippen LogP contribution in [-0.2, 0) is 17.6 Å². The molecule has 9 heteroatoms. The number of anilines is 1. The van der Waals surface area contributed by atoms with E-state index in [-0.39, 0.29) is 12.5 Å². The molecule has 1 atom stereocenters. The number of aryl methyl sites for hydroxylation is 1. The number of unbranched alkanes of at least 4 members (excludes halogenated alkanes) is 1. The van der Waals surface area contributed by atoms with Crippen LogP contribution < -0.4 is 16.4 Å². The fourth-order valence-corrected chi connectivity index (χ4v) is 3.72. The lowest BCUT2D eigenvalue weighted by Gasteiger charge is -2.09. The molecule has 0 bridgehead atoms. The van der Waals surface area contributed by atoms with E-state index >= 15 is 0 Å². The number of carbonyl (C=O) groups is 2.